The van der Waals surface area contributed by atoms with E-state index in [1.54, 1.807) is 23.5 Å². The summed E-state index contributed by atoms with van der Waals surface area (Å²) in [5.74, 6) is 1.52. The number of imidazole rings is 2. The molecule has 4 N–H and O–H groups in total. The molecule has 0 aliphatic rings. The van der Waals surface area contributed by atoms with Gasteiger partial charge >= 0.3 is 0 Å². The summed E-state index contributed by atoms with van der Waals surface area (Å²) in [5.41, 5.74) is 3.56. The van der Waals surface area contributed by atoms with E-state index in [9.17, 15) is 20.4 Å². The predicted octanol–water partition coefficient (Wildman–Crippen LogP) is 1.98. The van der Waals surface area contributed by atoms with Crippen molar-refractivity contribution in [3.63, 3.8) is 0 Å². The third kappa shape index (κ3) is 5.11. The van der Waals surface area contributed by atoms with Crippen molar-refractivity contribution < 1.29 is 20.4 Å². The van der Waals surface area contributed by atoms with Crippen LogP contribution in [-0.4, -0.2) is 76.5 Å². The highest BCUT2D eigenvalue weighted by molar-refractivity contribution is 8.02. The molecule has 2 atom stereocenters. The zero-order chi connectivity index (χ0) is 22.5. The van der Waals surface area contributed by atoms with Crippen LogP contribution in [0.25, 0.3) is 22.1 Å². The van der Waals surface area contributed by atoms with Crippen LogP contribution < -0.4 is 0 Å². The first-order valence-electron chi connectivity index (χ1n) is 10.3. The Kier molecular flexibility index (Phi) is 7.71. The second-order valence-corrected chi connectivity index (χ2v) is 9.48. The summed E-state index contributed by atoms with van der Waals surface area (Å²) < 4.78 is 3.89. The summed E-state index contributed by atoms with van der Waals surface area (Å²) in [6.07, 6.45) is -1.70. The number of aliphatic hydroxyl groups excluding tert-OH is 4. The fourth-order valence-electron chi connectivity index (χ4n) is 3.48. The van der Waals surface area contributed by atoms with Gasteiger partial charge in [-0.2, -0.15) is 0 Å². The highest BCUT2D eigenvalue weighted by Crippen LogP contribution is 2.28. The summed E-state index contributed by atoms with van der Waals surface area (Å²) in [4.78, 5) is 9.38. The first-order chi connectivity index (χ1) is 15.6. The molecule has 2 aromatic carbocycles. The monoisotopic (exact) mass is 474 g/mol. The minimum Gasteiger partial charge on any atom is -0.394 e. The maximum absolute atomic E-state index is 9.96. The van der Waals surface area contributed by atoms with Gasteiger partial charge in [0.15, 0.2) is 10.3 Å². The van der Waals surface area contributed by atoms with E-state index >= 15 is 0 Å². The van der Waals surface area contributed by atoms with Crippen molar-refractivity contribution in [3.05, 3.63) is 48.5 Å². The van der Waals surface area contributed by atoms with Crippen LogP contribution in [0, 0.1) is 0 Å². The summed E-state index contributed by atoms with van der Waals surface area (Å²) >= 11 is 3.18. The Morgan fingerprint density at radius 1 is 0.688 bits per heavy atom. The molecule has 2 heterocycles. The van der Waals surface area contributed by atoms with Gasteiger partial charge in [-0.3, -0.25) is 0 Å². The molecule has 4 aromatic rings. The molecular weight excluding hydrogens is 448 g/mol. The minimum atomic E-state index is -0.848. The molecule has 170 valence electrons. The molecule has 0 saturated carbocycles. The summed E-state index contributed by atoms with van der Waals surface area (Å²) in [7, 11) is 0. The topological polar surface area (TPSA) is 117 Å². The van der Waals surface area contributed by atoms with E-state index in [1.165, 1.54) is 0 Å². The van der Waals surface area contributed by atoms with Gasteiger partial charge in [0.25, 0.3) is 0 Å². The van der Waals surface area contributed by atoms with E-state index in [1.807, 2.05) is 57.7 Å². The molecular formula is C22H26N4O4S2. The number of hydrogen-bond acceptors (Lipinski definition) is 8. The first-order valence-corrected chi connectivity index (χ1v) is 12.3. The maximum atomic E-state index is 9.96. The maximum Gasteiger partial charge on any atom is 0.169 e. The lowest BCUT2D eigenvalue weighted by molar-refractivity contribution is 0.0802. The van der Waals surface area contributed by atoms with E-state index in [-0.39, 0.29) is 26.3 Å². The quantitative estimate of drug-likeness (QED) is 0.193. The smallest absolute Gasteiger partial charge is 0.169 e. The van der Waals surface area contributed by atoms with E-state index in [4.69, 9.17) is 0 Å². The molecule has 2 aromatic heterocycles. The first kappa shape index (κ1) is 23.1. The lowest BCUT2D eigenvalue weighted by atomic mass is 10.3. The molecule has 0 radical (unpaired) electrons. The third-order valence-electron chi connectivity index (χ3n) is 4.99. The zero-order valence-corrected chi connectivity index (χ0v) is 19.0. The number of thioether (sulfide) groups is 2. The molecule has 0 aliphatic heterocycles. The van der Waals surface area contributed by atoms with E-state index in [2.05, 4.69) is 9.97 Å². The van der Waals surface area contributed by atoms with E-state index in [0.717, 1.165) is 43.9 Å². The Labute approximate surface area is 193 Å². The predicted molar refractivity (Wildman–Crippen MR) is 127 cm³/mol. The second kappa shape index (κ2) is 10.7. The highest BCUT2D eigenvalue weighted by atomic mass is 32.2. The molecule has 10 heteroatoms. The van der Waals surface area contributed by atoms with Gasteiger partial charge in [0, 0.05) is 11.5 Å². The number of benzene rings is 2. The lowest BCUT2D eigenvalue weighted by Crippen LogP contribution is -2.20. The Morgan fingerprint density at radius 3 is 1.50 bits per heavy atom. The van der Waals surface area contributed by atoms with Crippen molar-refractivity contribution in [1.82, 2.24) is 19.1 Å². The van der Waals surface area contributed by atoms with Gasteiger partial charge in [-0.15, -0.1) is 0 Å². The van der Waals surface area contributed by atoms with Gasteiger partial charge < -0.3 is 29.6 Å². The van der Waals surface area contributed by atoms with Crippen molar-refractivity contribution in [3.8, 4) is 0 Å². The van der Waals surface area contributed by atoms with Crippen LogP contribution in [-0.2, 0) is 13.1 Å². The summed E-state index contributed by atoms with van der Waals surface area (Å²) in [6.45, 7) is -0.0482. The van der Waals surface area contributed by atoms with Gasteiger partial charge in [0.05, 0.1) is 60.6 Å². The fourth-order valence-corrected chi connectivity index (χ4v) is 5.50. The molecule has 0 amide bonds. The van der Waals surface area contributed by atoms with E-state index < -0.39 is 12.2 Å². The largest absolute Gasteiger partial charge is 0.394 e. The van der Waals surface area contributed by atoms with Crippen molar-refractivity contribution in [1.29, 1.82) is 0 Å². The number of aromatic nitrogens is 4. The van der Waals surface area contributed by atoms with Crippen LogP contribution in [0.2, 0.25) is 0 Å². The van der Waals surface area contributed by atoms with Crippen LogP contribution in [0.5, 0.6) is 0 Å². The molecule has 0 bridgehead atoms. The van der Waals surface area contributed by atoms with Gasteiger partial charge in [-0.25, -0.2) is 9.97 Å². The van der Waals surface area contributed by atoms with Crippen LogP contribution in [0.15, 0.2) is 58.8 Å². The number of para-hydroxylation sites is 4. The Balaban J connectivity index is 1.47. The number of fused-ring (bicyclic) bond motifs is 2. The SMILES string of the molecule is OC[C@@H](O)Cn1c(SCCSc2nc3ccccc3n2C[C@H](O)CO)nc2ccccc21. The Hall–Kier alpha value is -2.08. The van der Waals surface area contributed by atoms with Crippen LogP contribution in [0.3, 0.4) is 0 Å². The Morgan fingerprint density at radius 2 is 1.09 bits per heavy atom. The van der Waals surface area contributed by atoms with Crippen LogP contribution in [0.1, 0.15) is 0 Å². The van der Waals surface area contributed by atoms with E-state index in [0.29, 0.717) is 0 Å². The molecule has 32 heavy (non-hydrogen) atoms. The minimum absolute atomic E-state index is 0.279. The second-order valence-electron chi connectivity index (χ2n) is 7.36. The van der Waals surface area contributed by atoms with Crippen molar-refractivity contribution in [2.24, 2.45) is 0 Å². The number of rotatable bonds is 11. The Bertz CT molecular complexity index is 1090. The zero-order valence-electron chi connectivity index (χ0n) is 17.4. The third-order valence-corrected chi connectivity index (χ3v) is 7.21. The number of aliphatic hydroxyl groups is 4. The van der Waals surface area contributed by atoms with Gasteiger partial charge in [-0.1, -0.05) is 47.8 Å². The summed E-state index contributed by atoms with van der Waals surface area (Å²) in [5, 5.41) is 40.1. The molecule has 0 fully saturated rings. The molecule has 8 nitrogen and oxygen atoms in total. The standard InChI is InChI=1S/C22H26N4O4S2/c27-13-15(29)11-25-19-7-3-1-5-17(19)23-21(25)31-9-10-32-22-24-18-6-2-4-8-20(18)26(22)12-16(30)14-28/h1-8,15-16,27-30H,9-14H2/t15-,16-/m0/s1. The van der Waals surface area contributed by atoms with Crippen LogP contribution in [0.4, 0.5) is 0 Å². The highest BCUT2D eigenvalue weighted by Gasteiger charge is 2.16. The van der Waals surface area contributed by atoms with Gasteiger partial charge in [0.2, 0.25) is 0 Å². The molecule has 0 aliphatic carbocycles. The number of hydrogen-bond donors (Lipinski definition) is 4. The van der Waals surface area contributed by atoms with Crippen molar-refractivity contribution in [2.45, 2.75) is 35.6 Å². The van der Waals surface area contributed by atoms with Gasteiger partial charge in [-0.05, 0) is 24.3 Å². The normalized spacial score (nSPS) is 13.8. The van der Waals surface area contributed by atoms with Gasteiger partial charge in [0.1, 0.15) is 0 Å². The average Bonchev–Trinajstić information content (AvgIpc) is 3.34. The molecule has 0 unspecified atom stereocenters. The molecule has 0 spiro atoms. The summed E-state index contributed by atoms with van der Waals surface area (Å²) in [6, 6.07) is 15.5. The number of nitrogens with zero attached hydrogens (tertiary/aromatic N) is 4. The van der Waals surface area contributed by atoms with Crippen molar-refractivity contribution in [2.75, 3.05) is 24.7 Å². The molecule has 0 saturated heterocycles. The average molecular weight is 475 g/mol. The van der Waals surface area contributed by atoms with Crippen LogP contribution >= 0.6 is 23.5 Å². The molecule has 4 rings (SSSR count). The lowest BCUT2D eigenvalue weighted by Gasteiger charge is -2.13. The van der Waals surface area contributed by atoms with Crippen molar-refractivity contribution >= 4 is 45.6 Å². The fraction of sp³-hybridized carbons (Fsp3) is 0.364.